The van der Waals surface area contributed by atoms with Crippen molar-refractivity contribution >= 4 is 11.3 Å². The number of nitrogens with one attached hydrogen (secondary N) is 1. The highest BCUT2D eigenvalue weighted by Gasteiger charge is 2.29. The normalized spacial score (nSPS) is 21.6. The van der Waals surface area contributed by atoms with E-state index in [2.05, 4.69) is 41.5 Å². The van der Waals surface area contributed by atoms with E-state index in [1.807, 2.05) is 11.7 Å². The zero-order valence-corrected chi connectivity index (χ0v) is 12.8. The molecule has 1 aliphatic carbocycles. The van der Waals surface area contributed by atoms with Gasteiger partial charge in [0.15, 0.2) is 0 Å². The van der Waals surface area contributed by atoms with E-state index >= 15 is 0 Å². The molecule has 1 heterocycles. The summed E-state index contributed by atoms with van der Waals surface area (Å²) in [5.74, 6) is 0.692. The van der Waals surface area contributed by atoms with Crippen molar-refractivity contribution in [3.8, 4) is 0 Å². The lowest BCUT2D eigenvalue weighted by Gasteiger charge is -2.34. The van der Waals surface area contributed by atoms with Gasteiger partial charge in [0, 0.05) is 17.1 Å². The molecule has 1 aliphatic rings. The lowest BCUT2D eigenvalue weighted by molar-refractivity contribution is 0.320. The van der Waals surface area contributed by atoms with Gasteiger partial charge in [-0.25, -0.2) is 0 Å². The summed E-state index contributed by atoms with van der Waals surface area (Å²) < 4.78 is 0. The van der Waals surface area contributed by atoms with Gasteiger partial charge in [0.2, 0.25) is 0 Å². The van der Waals surface area contributed by atoms with Gasteiger partial charge in [-0.05, 0) is 49.3 Å². The fourth-order valence-corrected chi connectivity index (χ4v) is 3.91. The maximum absolute atomic E-state index is 4.22. The highest BCUT2D eigenvalue weighted by molar-refractivity contribution is 7.09. The zero-order chi connectivity index (χ0) is 13.8. The predicted molar refractivity (Wildman–Crippen MR) is 85.1 cm³/mol. The van der Waals surface area contributed by atoms with Crippen LogP contribution in [0.3, 0.4) is 0 Å². The first-order valence-electron chi connectivity index (χ1n) is 7.57. The molecule has 106 valence electrons. The highest BCUT2D eigenvalue weighted by atomic mass is 32.1. The van der Waals surface area contributed by atoms with Crippen LogP contribution in [0.2, 0.25) is 0 Å². The van der Waals surface area contributed by atoms with Crippen molar-refractivity contribution in [2.75, 3.05) is 6.54 Å². The summed E-state index contributed by atoms with van der Waals surface area (Å²) in [4.78, 5) is 5.63. The van der Waals surface area contributed by atoms with Gasteiger partial charge < -0.3 is 5.32 Å². The summed E-state index contributed by atoms with van der Waals surface area (Å²) in [5, 5.41) is 3.77. The Labute approximate surface area is 125 Å². The molecule has 20 heavy (non-hydrogen) atoms. The van der Waals surface area contributed by atoms with Crippen molar-refractivity contribution in [1.29, 1.82) is 0 Å². The largest absolute Gasteiger partial charge is 0.310 e. The Bertz CT molecular complexity index is 536. The van der Waals surface area contributed by atoms with E-state index in [4.69, 9.17) is 0 Å². The lowest BCUT2D eigenvalue weighted by Crippen LogP contribution is -2.34. The number of nitrogens with zero attached hydrogens (tertiary/aromatic N) is 1. The Morgan fingerprint density at radius 1 is 1.35 bits per heavy atom. The molecule has 2 atom stereocenters. The molecule has 0 spiro atoms. The molecule has 0 saturated heterocycles. The van der Waals surface area contributed by atoms with E-state index in [0.717, 1.165) is 13.0 Å². The van der Waals surface area contributed by atoms with Gasteiger partial charge in [-0.2, -0.15) is 0 Å². The van der Waals surface area contributed by atoms with Crippen LogP contribution in [0.4, 0.5) is 0 Å². The molecule has 1 N–H and O–H groups in total. The SMILES string of the molecule is CCCNC1c2ccccc2CCC1Cc1cncs1. The number of thiazole rings is 1. The summed E-state index contributed by atoms with van der Waals surface area (Å²) >= 11 is 1.78. The molecule has 2 aromatic rings. The third kappa shape index (κ3) is 2.94. The number of fused-ring (bicyclic) bond motifs is 1. The molecular weight excluding hydrogens is 264 g/mol. The molecule has 2 nitrogen and oxygen atoms in total. The quantitative estimate of drug-likeness (QED) is 0.899. The first kappa shape index (κ1) is 13.8. The van der Waals surface area contributed by atoms with Crippen LogP contribution in [0.25, 0.3) is 0 Å². The first-order valence-corrected chi connectivity index (χ1v) is 8.45. The molecule has 3 heteroatoms. The molecular formula is C17H22N2S. The van der Waals surface area contributed by atoms with E-state index in [1.54, 1.807) is 11.3 Å². The van der Waals surface area contributed by atoms with Crippen LogP contribution in [0.5, 0.6) is 0 Å². The molecule has 0 fully saturated rings. The maximum Gasteiger partial charge on any atom is 0.0794 e. The number of rotatable bonds is 5. The van der Waals surface area contributed by atoms with Crippen LogP contribution in [-0.4, -0.2) is 11.5 Å². The predicted octanol–water partition coefficient (Wildman–Crippen LogP) is 3.99. The standard InChI is InChI=1S/C17H22N2S/c1-2-9-19-17-14(10-15-11-18-12-20-15)8-7-13-5-3-4-6-16(13)17/h3-6,11-12,14,17,19H,2,7-10H2,1H3. The zero-order valence-electron chi connectivity index (χ0n) is 12.0. The molecule has 0 amide bonds. The van der Waals surface area contributed by atoms with Crippen molar-refractivity contribution in [3.63, 3.8) is 0 Å². The maximum atomic E-state index is 4.22. The molecule has 1 aromatic carbocycles. The number of hydrogen-bond donors (Lipinski definition) is 1. The summed E-state index contributed by atoms with van der Waals surface area (Å²) in [7, 11) is 0. The minimum absolute atomic E-state index is 0.502. The topological polar surface area (TPSA) is 24.9 Å². The van der Waals surface area contributed by atoms with Crippen LogP contribution in [0.15, 0.2) is 36.0 Å². The molecule has 3 rings (SSSR count). The minimum atomic E-state index is 0.502. The average molecular weight is 286 g/mol. The van der Waals surface area contributed by atoms with Crippen molar-refractivity contribution in [3.05, 3.63) is 52.0 Å². The Morgan fingerprint density at radius 2 is 2.25 bits per heavy atom. The number of aromatic nitrogens is 1. The lowest BCUT2D eigenvalue weighted by atomic mass is 9.78. The summed E-state index contributed by atoms with van der Waals surface area (Å²) in [6.07, 6.45) is 6.86. The van der Waals surface area contributed by atoms with Gasteiger partial charge in [-0.15, -0.1) is 11.3 Å². The second-order valence-corrected chi connectivity index (χ2v) is 6.57. The average Bonchev–Trinajstić information content (AvgIpc) is 2.99. The van der Waals surface area contributed by atoms with Crippen molar-refractivity contribution < 1.29 is 0 Å². The monoisotopic (exact) mass is 286 g/mol. The summed E-state index contributed by atoms with van der Waals surface area (Å²) in [5.41, 5.74) is 4.99. The minimum Gasteiger partial charge on any atom is -0.310 e. The Kier molecular flexibility index (Phi) is 4.48. The molecule has 0 radical (unpaired) electrons. The van der Waals surface area contributed by atoms with Gasteiger partial charge in [0.1, 0.15) is 0 Å². The van der Waals surface area contributed by atoms with Gasteiger partial charge in [-0.3, -0.25) is 4.98 Å². The Balaban J connectivity index is 1.82. The van der Waals surface area contributed by atoms with Crippen LogP contribution in [0.1, 0.15) is 41.8 Å². The molecule has 1 aromatic heterocycles. The van der Waals surface area contributed by atoms with Gasteiger partial charge in [0.25, 0.3) is 0 Å². The highest BCUT2D eigenvalue weighted by Crippen LogP contribution is 2.36. The number of benzene rings is 1. The van der Waals surface area contributed by atoms with Crippen LogP contribution in [0, 0.1) is 5.92 Å². The Morgan fingerprint density at radius 3 is 3.05 bits per heavy atom. The van der Waals surface area contributed by atoms with Crippen LogP contribution >= 0.6 is 11.3 Å². The van der Waals surface area contributed by atoms with Crippen LogP contribution < -0.4 is 5.32 Å². The van der Waals surface area contributed by atoms with Crippen molar-refractivity contribution in [2.24, 2.45) is 5.92 Å². The first-order chi connectivity index (χ1) is 9.88. The van der Waals surface area contributed by atoms with Crippen LogP contribution in [-0.2, 0) is 12.8 Å². The third-order valence-corrected chi connectivity index (χ3v) is 5.01. The Hall–Kier alpha value is -1.19. The van der Waals surface area contributed by atoms with Gasteiger partial charge in [-0.1, -0.05) is 31.2 Å². The summed E-state index contributed by atoms with van der Waals surface area (Å²) in [6.45, 7) is 3.33. The van der Waals surface area contributed by atoms with Crippen molar-refractivity contribution in [2.45, 2.75) is 38.6 Å². The van der Waals surface area contributed by atoms with E-state index in [1.165, 1.54) is 35.3 Å². The third-order valence-electron chi connectivity index (χ3n) is 4.21. The fourth-order valence-electron chi connectivity index (χ4n) is 3.22. The second-order valence-electron chi connectivity index (χ2n) is 5.60. The van der Waals surface area contributed by atoms with Gasteiger partial charge >= 0.3 is 0 Å². The van der Waals surface area contributed by atoms with E-state index in [-0.39, 0.29) is 0 Å². The molecule has 2 unspecified atom stereocenters. The number of hydrogen-bond acceptors (Lipinski definition) is 3. The van der Waals surface area contributed by atoms with E-state index < -0.39 is 0 Å². The number of aryl methyl sites for hydroxylation is 1. The smallest absolute Gasteiger partial charge is 0.0794 e. The summed E-state index contributed by atoms with van der Waals surface area (Å²) in [6, 6.07) is 9.44. The second kappa shape index (κ2) is 6.51. The van der Waals surface area contributed by atoms with E-state index in [0.29, 0.717) is 12.0 Å². The van der Waals surface area contributed by atoms with Crippen molar-refractivity contribution in [1.82, 2.24) is 10.3 Å². The molecule has 0 saturated carbocycles. The molecule has 0 aliphatic heterocycles. The fraction of sp³-hybridized carbons (Fsp3) is 0.471. The van der Waals surface area contributed by atoms with E-state index in [9.17, 15) is 0 Å². The van der Waals surface area contributed by atoms with Gasteiger partial charge in [0.05, 0.1) is 5.51 Å². The molecule has 0 bridgehead atoms.